The molecule has 1 fully saturated rings. The van der Waals surface area contributed by atoms with Gasteiger partial charge in [-0.2, -0.15) is 0 Å². The van der Waals surface area contributed by atoms with Crippen LogP contribution < -0.4 is 0 Å². The van der Waals surface area contributed by atoms with Gasteiger partial charge in [0.15, 0.2) is 0 Å². The van der Waals surface area contributed by atoms with Crippen LogP contribution in [-0.4, -0.2) is 43.1 Å². The van der Waals surface area contributed by atoms with Crippen molar-refractivity contribution in [2.45, 2.75) is 33.4 Å². The number of amides is 1. The van der Waals surface area contributed by atoms with Crippen molar-refractivity contribution < 1.29 is 9.53 Å². The Labute approximate surface area is 194 Å². The predicted molar refractivity (Wildman–Crippen MR) is 137 cm³/mol. The van der Waals surface area contributed by atoms with Gasteiger partial charge in [-0.1, -0.05) is 106 Å². The molecule has 1 aliphatic rings. The molecule has 4 heteroatoms. The van der Waals surface area contributed by atoms with Crippen LogP contribution in [0.4, 0.5) is 4.79 Å². The van der Waals surface area contributed by atoms with E-state index in [9.17, 15) is 4.79 Å². The summed E-state index contributed by atoms with van der Waals surface area (Å²) in [4.78, 5) is 15.4. The summed E-state index contributed by atoms with van der Waals surface area (Å²) in [7, 11) is 4.14. The molecule has 0 unspecified atom stereocenters. The number of carbonyl (C=O) groups excluding carboxylic acids is 1. The Morgan fingerprint density at radius 3 is 1.75 bits per heavy atom. The third-order valence-corrected chi connectivity index (χ3v) is 4.34. The molecule has 3 rings (SSSR count). The molecule has 1 amide bonds. The summed E-state index contributed by atoms with van der Waals surface area (Å²) in [6, 6.07) is 17.0. The van der Waals surface area contributed by atoms with E-state index >= 15 is 0 Å². The van der Waals surface area contributed by atoms with Crippen molar-refractivity contribution in [2.24, 2.45) is 0 Å². The molecule has 172 valence electrons. The zero-order valence-corrected chi connectivity index (χ0v) is 20.1. The van der Waals surface area contributed by atoms with Gasteiger partial charge in [0.05, 0.1) is 6.54 Å². The first-order valence-corrected chi connectivity index (χ1v) is 11.1. The van der Waals surface area contributed by atoms with E-state index in [2.05, 4.69) is 94.5 Å². The van der Waals surface area contributed by atoms with Crippen molar-refractivity contribution in [3.63, 3.8) is 0 Å². The Morgan fingerprint density at radius 1 is 0.906 bits per heavy atom. The van der Waals surface area contributed by atoms with Gasteiger partial charge < -0.3 is 14.5 Å². The van der Waals surface area contributed by atoms with Gasteiger partial charge in [0.1, 0.15) is 6.61 Å². The molecule has 1 heterocycles. The molecule has 0 aromatic heterocycles. The van der Waals surface area contributed by atoms with Crippen molar-refractivity contribution in [3.8, 4) is 11.1 Å². The number of cyclic esters (lactones) is 1. The smallest absolute Gasteiger partial charge is 0.410 e. The molecular weight excluding hydrogens is 396 g/mol. The fourth-order valence-corrected chi connectivity index (χ4v) is 2.92. The van der Waals surface area contributed by atoms with E-state index < -0.39 is 0 Å². The minimum Gasteiger partial charge on any atom is -0.448 e. The first kappa shape index (κ1) is 26.9. The topological polar surface area (TPSA) is 32.8 Å². The van der Waals surface area contributed by atoms with Crippen LogP contribution in [0.5, 0.6) is 0 Å². The number of carbonyl (C=O) groups is 1. The predicted octanol–water partition coefficient (Wildman–Crippen LogP) is 6.70. The molecule has 2 aromatic carbocycles. The lowest BCUT2D eigenvalue weighted by atomic mass is 10.0. The molecule has 0 spiro atoms. The number of nitrogens with zero attached hydrogens (tertiary/aromatic N) is 2. The van der Waals surface area contributed by atoms with Crippen LogP contribution in [0.1, 0.15) is 31.4 Å². The van der Waals surface area contributed by atoms with E-state index in [1.165, 1.54) is 23.1 Å². The Hall–Kier alpha value is -3.11. The van der Waals surface area contributed by atoms with Crippen molar-refractivity contribution in [2.75, 3.05) is 27.2 Å². The largest absolute Gasteiger partial charge is 0.448 e. The number of benzene rings is 2. The highest BCUT2D eigenvalue weighted by Crippen LogP contribution is 2.21. The standard InChI is InChI=1S/C19H22N2O2.C6H8.C3H8/c1-20(2)13-15-3-7-17(8-4-15)18-9-5-16(6-10-18)14-21-11-12-23-19(21)22;1-3-5-6-4-2;1-3-2/h3-10H,11-14H2,1-2H3;3-6H,1-2H2;3H2,1-2H3/b;6-5-;. The molecule has 0 bridgehead atoms. The number of hydrogen-bond acceptors (Lipinski definition) is 3. The zero-order valence-electron chi connectivity index (χ0n) is 20.1. The quantitative estimate of drug-likeness (QED) is 0.455. The summed E-state index contributed by atoms with van der Waals surface area (Å²) < 4.78 is 4.95. The highest BCUT2D eigenvalue weighted by atomic mass is 16.6. The van der Waals surface area contributed by atoms with Crippen LogP contribution in [0.2, 0.25) is 0 Å². The van der Waals surface area contributed by atoms with Crippen molar-refractivity contribution in [1.82, 2.24) is 9.80 Å². The lowest BCUT2D eigenvalue weighted by Crippen LogP contribution is -2.23. The van der Waals surface area contributed by atoms with Gasteiger partial charge in [-0.15, -0.1) is 0 Å². The molecule has 1 aliphatic heterocycles. The van der Waals surface area contributed by atoms with Crippen LogP contribution in [0.25, 0.3) is 11.1 Å². The summed E-state index contributed by atoms with van der Waals surface area (Å²) in [5.74, 6) is 0. The van der Waals surface area contributed by atoms with Gasteiger partial charge >= 0.3 is 6.09 Å². The summed E-state index contributed by atoms with van der Waals surface area (Å²) in [6.45, 7) is 13.9. The average molecular weight is 435 g/mol. The number of hydrogen-bond donors (Lipinski definition) is 0. The van der Waals surface area contributed by atoms with Gasteiger partial charge in [0.25, 0.3) is 0 Å². The third kappa shape index (κ3) is 10.3. The van der Waals surface area contributed by atoms with Gasteiger partial charge in [0, 0.05) is 13.1 Å². The molecular formula is C28H38N2O2. The van der Waals surface area contributed by atoms with E-state index in [1.54, 1.807) is 17.1 Å². The fraction of sp³-hybridized carbons (Fsp3) is 0.321. The van der Waals surface area contributed by atoms with E-state index in [0.29, 0.717) is 19.7 Å². The SMILES string of the molecule is C=C/C=C\C=C.CCC.CN(C)Cc1ccc(-c2ccc(CN3CCOC3=O)cc2)cc1. The maximum absolute atomic E-state index is 11.5. The molecule has 0 aliphatic carbocycles. The Balaban J connectivity index is 0.000000486. The first-order valence-electron chi connectivity index (χ1n) is 11.1. The van der Waals surface area contributed by atoms with E-state index in [4.69, 9.17) is 4.74 Å². The van der Waals surface area contributed by atoms with Gasteiger partial charge in [-0.3, -0.25) is 0 Å². The van der Waals surface area contributed by atoms with E-state index in [-0.39, 0.29) is 6.09 Å². The maximum Gasteiger partial charge on any atom is 0.410 e. The van der Waals surface area contributed by atoms with Crippen LogP contribution in [0.3, 0.4) is 0 Å². The van der Waals surface area contributed by atoms with Crippen LogP contribution in [0, 0.1) is 0 Å². The monoisotopic (exact) mass is 434 g/mol. The van der Waals surface area contributed by atoms with Crippen LogP contribution in [-0.2, 0) is 17.8 Å². The molecule has 4 nitrogen and oxygen atoms in total. The van der Waals surface area contributed by atoms with Gasteiger partial charge in [-0.25, -0.2) is 4.79 Å². The van der Waals surface area contributed by atoms with Crippen molar-refractivity contribution in [3.05, 3.63) is 97.1 Å². The first-order chi connectivity index (χ1) is 15.4. The minimum absolute atomic E-state index is 0.217. The van der Waals surface area contributed by atoms with Crippen molar-refractivity contribution in [1.29, 1.82) is 0 Å². The van der Waals surface area contributed by atoms with Crippen LogP contribution in [0.15, 0.2) is 86.0 Å². The Morgan fingerprint density at radius 2 is 1.38 bits per heavy atom. The normalized spacial score (nSPS) is 12.5. The number of rotatable bonds is 7. The Bertz CT molecular complexity index is 827. The number of ether oxygens (including phenoxy) is 1. The second-order valence-corrected chi connectivity index (χ2v) is 7.73. The summed E-state index contributed by atoms with van der Waals surface area (Å²) in [6.07, 6.45) is 8.11. The number of allylic oxidation sites excluding steroid dienone is 4. The lowest BCUT2D eigenvalue weighted by molar-refractivity contribution is 0.157. The highest BCUT2D eigenvalue weighted by Gasteiger charge is 2.21. The van der Waals surface area contributed by atoms with Crippen molar-refractivity contribution >= 4 is 6.09 Å². The highest BCUT2D eigenvalue weighted by molar-refractivity contribution is 5.69. The third-order valence-electron chi connectivity index (χ3n) is 4.34. The minimum atomic E-state index is -0.217. The molecule has 32 heavy (non-hydrogen) atoms. The Kier molecular flexibility index (Phi) is 13.2. The summed E-state index contributed by atoms with van der Waals surface area (Å²) in [5.41, 5.74) is 4.83. The van der Waals surface area contributed by atoms with Crippen LogP contribution >= 0.6 is 0 Å². The lowest BCUT2D eigenvalue weighted by Gasteiger charge is -2.13. The second-order valence-electron chi connectivity index (χ2n) is 7.73. The van der Waals surface area contributed by atoms with Gasteiger partial charge in [0.2, 0.25) is 0 Å². The van der Waals surface area contributed by atoms with E-state index in [0.717, 1.165) is 12.1 Å². The summed E-state index contributed by atoms with van der Waals surface area (Å²) >= 11 is 0. The molecule has 0 N–H and O–H groups in total. The molecule has 0 radical (unpaired) electrons. The molecule has 2 aromatic rings. The molecule has 1 saturated heterocycles. The van der Waals surface area contributed by atoms with E-state index in [1.807, 2.05) is 12.2 Å². The molecule has 0 atom stereocenters. The zero-order chi connectivity index (χ0) is 23.8. The summed E-state index contributed by atoms with van der Waals surface area (Å²) in [5, 5.41) is 0. The second kappa shape index (κ2) is 15.7. The molecule has 0 saturated carbocycles. The maximum atomic E-state index is 11.5. The van der Waals surface area contributed by atoms with Gasteiger partial charge in [-0.05, 0) is 36.3 Å². The average Bonchev–Trinajstić information content (AvgIpc) is 3.18. The fourth-order valence-electron chi connectivity index (χ4n) is 2.92.